The van der Waals surface area contributed by atoms with Crippen LogP contribution in [-0.2, 0) is 14.3 Å². The second-order valence-electron chi connectivity index (χ2n) is 7.25. The van der Waals surface area contributed by atoms with Gasteiger partial charge in [0.15, 0.2) is 11.5 Å². The number of rotatable bonds is 6. The highest BCUT2D eigenvalue weighted by atomic mass is 35.5. The smallest absolute Gasteiger partial charge is 0.295 e. The number of hydrogen-bond donors (Lipinski definition) is 1. The van der Waals surface area contributed by atoms with E-state index in [1.807, 2.05) is 0 Å². The molecule has 0 aromatic heterocycles. The van der Waals surface area contributed by atoms with E-state index in [1.165, 1.54) is 4.90 Å². The maximum atomic E-state index is 13.0. The Kier molecular flexibility index (Phi) is 6.15. The van der Waals surface area contributed by atoms with Gasteiger partial charge in [0.1, 0.15) is 19.0 Å². The Hall–Kier alpha value is -3.03. The van der Waals surface area contributed by atoms with Crippen LogP contribution < -0.4 is 9.47 Å². The number of benzene rings is 2. The van der Waals surface area contributed by atoms with Crippen LogP contribution in [0, 0.1) is 0 Å². The van der Waals surface area contributed by atoms with Gasteiger partial charge in [-0.1, -0.05) is 23.7 Å². The van der Waals surface area contributed by atoms with Crippen LogP contribution >= 0.6 is 11.6 Å². The van der Waals surface area contributed by atoms with E-state index in [4.69, 9.17) is 25.8 Å². The number of methoxy groups -OCH3 is 1. The topological polar surface area (TPSA) is 85.3 Å². The third-order valence-corrected chi connectivity index (χ3v) is 5.54. The van der Waals surface area contributed by atoms with Crippen molar-refractivity contribution in [2.24, 2.45) is 0 Å². The van der Waals surface area contributed by atoms with Crippen LogP contribution in [0.25, 0.3) is 5.76 Å². The van der Waals surface area contributed by atoms with Gasteiger partial charge in [0.2, 0.25) is 0 Å². The number of aliphatic hydroxyl groups is 1. The van der Waals surface area contributed by atoms with Gasteiger partial charge in [-0.15, -0.1) is 0 Å². The number of ketones is 1. The Bertz CT molecular complexity index is 1030. The van der Waals surface area contributed by atoms with Gasteiger partial charge >= 0.3 is 0 Å². The number of carbonyl (C=O) groups excluding carboxylic acids is 2. The molecule has 2 aliphatic rings. The summed E-state index contributed by atoms with van der Waals surface area (Å²) in [4.78, 5) is 27.3. The minimum Gasteiger partial charge on any atom is -0.507 e. The SMILES string of the molecule is COCCCN1C(=O)C(=O)C(=C(O)c2ccc3c(c2)OCCO3)[C@@H]1c1ccc(Cl)cc1. The zero-order valence-electron chi connectivity index (χ0n) is 17.0. The van der Waals surface area contributed by atoms with Gasteiger partial charge in [-0.2, -0.15) is 0 Å². The molecule has 0 radical (unpaired) electrons. The van der Waals surface area contributed by atoms with Gasteiger partial charge in [-0.3, -0.25) is 9.59 Å². The minimum absolute atomic E-state index is 0.0291. The molecule has 162 valence electrons. The molecular weight excluding hydrogens is 422 g/mol. The summed E-state index contributed by atoms with van der Waals surface area (Å²) in [5.74, 6) is -0.603. The largest absolute Gasteiger partial charge is 0.507 e. The number of ether oxygens (including phenoxy) is 3. The quantitative estimate of drug-likeness (QED) is 0.318. The van der Waals surface area contributed by atoms with Crippen LogP contribution in [0.2, 0.25) is 5.02 Å². The molecular formula is C23H22ClNO6. The normalized spacial score (nSPS) is 19.7. The number of halogens is 1. The third kappa shape index (κ3) is 4.11. The molecule has 1 saturated heterocycles. The van der Waals surface area contributed by atoms with Crippen LogP contribution in [0.5, 0.6) is 11.5 Å². The van der Waals surface area contributed by atoms with Crippen molar-refractivity contribution in [1.29, 1.82) is 0 Å². The standard InChI is InChI=1S/C23H22ClNO6/c1-29-10-2-9-25-20(14-3-6-16(24)7-4-14)19(22(27)23(25)28)21(26)15-5-8-17-18(13-15)31-12-11-30-17/h3-8,13,20,26H,2,9-12H2,1H3/t20-/m0/s1. The molecule has 0 unspecified atom stereocenters. The average molecular weight is 444 g/mol. The van der Waals surface area contributed by atoms with Gasteiger partial charge < -0.3 is 24.2 Å². The van der Waals surface area contributed by atoms with Crippen molar-refractivity contribution in [3.63, 3.8) is 0 Å². The Labute approximate surface area is 184 Å². The monoisotopic (exact) mass is 443 g/mol. The molecule has 2 aromatic rings. The number of Topliss-reactive ketones (excluding diaryl/α,β-unsaturated/α-hetero) is 1. The van der Waals surface area contributed by atoms with Crippen molar-refractivity contribution < 1.29 is 28.9 Å². The summed E-state index contributed by atoms with van der Waals surface area (Å²) in [5, 5.41) is 11.7. The highest BCUT2D eigenvalue weighted by Gasteiger charge is 2.45. The fourth-order valence-corrected chi connectivity index (χ4v) is 3.95. The highest BCUT2D eigenvalue weighted by molar-refractivity contribution is 6.46. The summed E-state index contributed by atoms with van der Waals surface area (Å²) < 4.78 is 16.2. The molecule has 1 fully saturated rings. The number of hydrogen-bond acceptors (Lipinski definition) is 6. The lowest BCUT2D eigenvalue weighted by Gasteiger charge is -2.25. The lowest BCUT2D eigenvalue weighted by atomic mass is 9.95. The molecule has 2 aliphatic heterocycles. The molecule has 7 nitrogen and oxygen atoms in total. The first-order valence-electron chi connectivity index (χ1n) is 9.94. The summed E-state index contributed by atoms with van der Waals surface area (Å²) in [6.07, 6.45) is 0.553. The van der Waals surface area contributed by atoms with Crippen molar-refractivity contribution in [2.75, 3.05) is 33.5 Å². The summed E-state index contributed by atoms with van der Waals surface area (Å²) in [6.45, 7) is 1.59. The maximum absolute atomic E-state index is 13.0. The Morgan fingerprint density at radius 3 is 2.55 bits per heavy atom. The summed E-state index contributed by atoms with van der Waals surface area (Å²) in [7, 11) is 1.58. The van der Waals surface area contributed by atoms with Gasteiger partial charge in [0, 0.05) is 30.8 Å². The summed E-state index contributed by atoms with van der Waals surface area (Å²) in [5.41, 5.74) is 1.08. The predicted molar refractivity (Wildman–Crippen MR) is 114 cm³/mol. The van der Waals surface area contributed by atoms with Crippen molar-refractivity contribution in [2.45, 2.75) is 12.5 Å². The van der Waals surface area contributed by atoms with Crippen molar-refractivity contribution in [1.82, 2.24) is 4.90 Å². The Morgan fingerprint density at radius 2 is 1.84 bits per heavy atom. The molecule has 2 heterocycles. The van der Waals surface area contributed by atoms with Crippen molar-refractivity contribution in [3.05, 3.63) is 64.2 Å². The van der Waals surface area contributed by atoms with E-state index in [0.29, 0.717) is 60.4 Å². The Balaban J connectivity index is 1.79. The number of carbonyl (C=O) groups is 2. The zero-order chi connectivity index (χ0) is 22.0. The fourth-order valence-electron chi connectivity index (χ4n) is 3.83. The fraction of sp³-hybridized carbons (Fsp3) is 0.304. The zero-order valence-corrected chi connectivity index (χ0v) is 17.7. The maximum Gasteiger partial charge on any atom is 0.295 e. The van der Waals surface area contributed by atoms with Gasteiger partial charge in [0.05, 0.1) is 11.6 Å². The first kappa shape index (κ1) is 21.2. The summed E-state index contributed by atoms with van der Waals surface area (Å²) in [6, 6.07) is 11.1. The Morgan fingerprint density at radius 1 is 1.13 bits per heavy atom. The van der Waals surface area contributed by atoms with Crippen LogP contribution in [0.1, 0.15) is 23.6 Å². The number of amides is 1. The molecule has 0 saturated carbocycles. The van der Waals surface area contributed by atoms with E-state index in [2.05, 4.69) is 0 Å². The van der Waals surface area contributed by atoms with Crippen LogP contribution in [0.15, 0.2) is 48.0 Å². The van der Waals surface area contributed by atoms with Crippen LogP contribution in [-0.4, -0.2) is 55.2 Å². The second kappa shape index (κ2) is 8.99. The van der Waals surface area contributed by atoms with Crippen molar-refractivity contribution in [3.8, 4) is 11.5 Å². The lowest BCUT2D eigenvalue weighted by Crippen LogP contribution is -2.31. The van der Waals surface area contributed by atoms with Crippen molar-refractivity contribution >= 4 is 29.1 Å². The lowest BCUT2D eigenvalue weighted by molar-refractivity contribution is -0.140. The average Bonchev–Trinajstić information content (AvgIpc) is 3.04. The second-order valence-corrected chi connectivity index (χ2v) is 7.69. The van der Waals surface area contributed by atoms with Gasteiger partial charge in [0.25, 0.3) is 11.7 Å². The van der Waals surface area contributed by atoms with E-state index < -0.39 is 17.7 Å². The van der Waals surface area contributed by atoms with E-state index in [0.717, 1.165) is 0 Å². The van der Waals surface area contributed by atoms with Crippen LogP contribution in [0.4, 0.5) is 0 Å². The third-order valence-electron chi connectivity index (χ3n) is 5.29. The molecule has 2 aromatic carbocycles. The van der Waals surface area contributed by atoms with E-state index in [1.54, 1.807) is 49.6 Å². The highest BCUT2D eigenvalue weighted by Crippen LogP contribution is 2.41. The molecule has 0 bridgehead atoms. The number of nitrogens with zero attached hydrogens (tertiary/aromatic N) is 1. The molecule has 1 amide bonds. The van der Waals surface area contributed by atoms with Gasteiger partial charge in [-0.05, 0) is 42.3 Å². The molecule has 0 aliphatic carbocycles. The first-order chi connectivity index (χ1) is 15.0. The first-order valence-corrected chi connectivity index (χ1v) is 10.3. The predicted octanol–water partition coefficient (Wildman–Crippen LogP) is 3.57. The van der Waals surface area contributed by atoms with E-state index in [9.17, 15) is 14.7 Å². The summed E-state index contributed by atoms with van der Waals surface area (Å²) >= 11 is 6.03. The minimum atomic E-state index is -0.734. The van der Waals surface area contributed by atoms with E-state index >= 15 is 0 Å². The molecule has 0 spiro atoms. The number of fused-ring (bicyclic) bond motifs is 1. The number of likely N-dealkylation sites (tertiary alicyclic amines) is 1. The molecule has 1 N–H and O–H groups in total. The number of aliphatic hydroxyl groups excluding tert-OH is 1. The molecule has 8 heteroatoms. The van der Waals surface area contributed by atoms with Crippen LogP contribution in [0.3, 0.4) is 0 Å². The van der Waals surface area contributed by atoms with E-state index in [-0.39, 0.29) is 11.3 Å². The molecule has 4 rings (SSSR count). The van der Waals surface area contributed by atoms with Gasteiger partial charge in [-0.25, -0.2) is 0 Å². The molecule has 1 atom stereocenters. The molecule has 31 heavy (non-hydrogen) atoms.